The Bertz CT molecular complexity index is 199. The van der Waals surface area contributed by atoms with Crippen LogP contribution in [0.2, 0.25) is 0 Å². The SMILES string of the molecule is O=C1N[C@@H](CC2CCCCC2)[C@H]1O. The number of carbonyl (C=O) groups is 1. The molecular weight excluding hydrogens is 166 g/mol. The Balaban J connectivity index is 1.75. The van der Waals surface area contributed by atoms with Crippen LogP contribution in [0.3, 0.4) is 0 Å². The van der Waals surface area contributed by atoms with Gasteiger partial charge in [0.2, 0.25) is 0 Å². The van der Waals surface area contributed by atoms with Crippen molar-refractivity contribution in [1.29, 1.82) is 0 Å². The lowest BCUT2D eigenvalue weighted by atomic mass is 9.82. The van der Waals surface area contributed by atoms with Gasteiger partial charge in [-0.25, -0.2) is 0 Å². The Hall–Kier alpha value is -0.570. The zero-order chi connectivity index (χ0) is 9.26. The second-order valence-electron chi connectivity index (χ2n) is 4.30. The van der Waals surface area contributed by atoms with Crippen molar-refractivity contribution >= 4 is 5.91 Å². The fraction of sp³-hybridized carbons (Fsp3) is 0.900. The molecule has 2 aliphatic rings. The second kappa shape index (κ2) is 3.66. The number of rotatable bonds is 2. The number of aliphatic hydroxyl groups is 1. The van der Waals surface area contributed by atoms with Gasteiger partial charge in [-0.05, 0) is 12.3 Å². The number of hydrogen-bond acceptors (Lipinski definition) is 2. The van der Waals surface area contributed by atoms with Gasteiger partial charge in [-0.3, -0.25) is 4.79 Å². The van der Waals surface area contributed by atoms with Gasteiger partial charge >= 0.3 is 0 Å². The molecule has 3 heteroatoms. The zero-order valence-electron chi connectivity index (χ0n) is 7.83. The van der Waals surface area contributed by atoms with Crippen LogP contribution in [0.15, 0.2) is 0 Å². The highest BCUT2D eigenvalue weighted by Gasteiger charge is 2.38. The minimum absolute atomic E-state index is 0.0515. The molecule has 0 bridgehead atoms. The van der Waals surface area contributed by atoms with Crippen molar-refractivity contribution in [3.05, 3.63) is 0 Å². The van der Waals surface area contributed by atoms with Crippen LogP contribution in [0.5, 0.6) is 0 Å². The molecular formula is C10H17NO2. The lowest BCUT2D eigenvalue weighted by Crippen LogP contribution is -2.62. The molecule has 1 aliphatic carbocycles. The molecule has 0 aromatic heterocycles. The molecule has 0 aromatic carbocycles. The Labute approximate surface area is 78.5 Å². The maximum atomic E-state index is 10.7. The molecule has 1 heterocycles. The fourth-order valence-electron chi connectivity index (χ4n) is 2.40. The molecule has 2 fully saturated rings. The number of aliphatic hydroxyl groups excluding tert-OH is 1. The van der Waals surface area contributed by atoms with Crippen LogP contribution < -0.4 is 5.32 Å². The number of amides is 1. The molecule has 0 aromatic rings. The van der Waals surface area contributed by atoms with Gasteiger partial charge in [0.25, 0.3) is 5.91 Å². The van der Waals surface area contributed by atoms with Crippen molar-refractivity contribution < 1.29 is 9.90 Å². The molecule has 2 atom stereocenters. The predicted molar refractivity (Wildman–Crippen MR) is 49.1 cm³/mol. The van der Waals surface area contributed by atoms with Crippen LogP contribution in [-0.4, -0.2) is 23.2 Å². The van der Waals surface area contributed by atoms with Crippen LogP contribution in [0, 0.1) is 5.92 Å². The number of nitrogens with one attached hydrogen (secondary N) is 1. The maximum Gasteiger partial charge on any atom is 0.251 e. The van der Waals surface area contributed by atoms with Gasteiger partial charge in [0.1, 0.15) is 0 Å². The van der Waals surface area contributed by atoms with E-state index in [0.717, 1.165) is 12.3 Å². The van der Waals surface area contributed by atoms with E-state index in [1.807, 2.05) is 0 Å². The minimum atomic E-state index is -0.720. The van der Waals surface area contributed by atoms with Crippen molar-refractivity contribution in [2.45, 2.75) is 50.7 Å². The molecule has 0 radical (unpaired) electrons. The highest BCUT2D eigenvalue weighted by Crippen LogP contribution is 2.29. The molecule has 74 valence electrons. The third kappa shape index (κ3) is 1.85. The summed E-state index contributed by atoms with van der Waals surface area (Å²) in [5.74, 6) is 0.537. The summed E-state index contributed by atoms with van der Waals surface area (Å²) in [5, 5.41) is 12.0. The molecule has 1 amide bonds. The van der Waals surface area contributed by atoms with Gasteiger partial charge in [-0.15, -0.1) is 0 Å². The van der Waals surface area contributed by atoms with E-state index in [2.05, 4.69) is 5.32 Å². The van der Waals surface area contributed by atoms with Crippen LogP contribution in [0.25, 0.3) is 0 Å². The summed E-state index contributed by atoms with van der Waals surface area (Å²) in [4.78, 5) is 10.7. The summed E-state index contributed by atoms with van der Waals surface area (Å²) in [7, 11) is 0. The topological polar surface area (TPSA) is 49.3 Å². The standard InChI is InChI=1S/C10H17NO2/c12-9-8(11-10(9)13)6-7-4-2-1-3-5-7/h7-9,12H,1-6H2,(H,11,13)/t8-,9+/m0/s1. The first-order valence-corrected chi connectivity index (χ1v) is 5.26. The molecule has 3 nitrogen and oxygen atoms in total. The average Bonchev–Trinajstić information content (AvgIpc) is 2.19. The van der Waals surface area contributed by atoms with E-state index < -0.39 is 6.10 Å². The largest absolute Gasteiger partial charge is 0.381 e. The second-order valence-corrected chi connectivity index (χ2v) is 4.30. The summed E-state index contributed by atoms with van der Waals surface area (Å²) < 4.78 is 0. The van der Waals surface area contributed by atoms with Gasteiger partial charge in [-0.1, -0.05) is 32.1 Å². The molecule has 1 aliphatic heterocycles. The lowest BCUT2D eigenvalue weighted by molar-refractivity contribution is -0.143. The van der Waals surface area contributed by atoms with E-state index in [4.69, 9.17) is 0 Å². The first kappa shape index (κ1) is 9.00. The van der Waals surface area contributed by atoms with Crippen LogP contribution in [0.4, 0.5) is 0 Å². The van der Waals surface area contributed by atoms with E-state index in [0.29, 0.717) is 0 Å². The molecule has 1 saturated carbocycles. The first-order chi connectivity index (χ1) is 6.27. The van der Waals surface area contributed by atoms with Crippen molar-refractivity contribution in [1.82, 2.24) is 5.32 Å². The summed E-state index contributed by atoms with van der Waals surface area (Å²) >= 11 is 0. The Morgan fingerprint density at radius 3 is 2.54 bits per heavy atom. The van der Waals surface area contributed by atoms with Gasteiger partial charge in [-0.2, -0.15) is 0 Å². The fourth-order valence-corrected chi connectivity index (χ4v) is 2.40. The van der Waals surface area contributed by atoms with E-state index in [1.54, 1.807) is 0 Å². The minimum Gasteiger partial charge on any atom is -0.381 e. The zero-order valence-corrected chi connectivity index (χ0v) is 7.83. The monoisotopic (exact) mass is 183 g/mol. The molecule has 1 saturated heterocycles. The van der Waals surface area contributed by atoms with Gasteiger partial charge in [0, 0.05) is 0 Å². The number of β-lactam (4-membered cyclic amide) rings is 1. The summed E-state index contributed by atoms with van der Waals surface area (Å²) in [6.07, 6.45) is 6.81. The van der Waals surface area contributed by atoms with Gasteiger partial charge in [0.15, 0.2) is 6.10 Å². The normalized spacial score (nSPS) is 35.3. The Kier molecular flexibility index (Phi) is 2.54. The smallest absolute Gasteiger partial charge is 0.251 e. The first-order valence-electron chi connectivity index (χ1n) is 5.26. The van der Waals surface area contributed by atoms with Crippen molar-refractivity contribution in [2.75, 3.05) is 0 Å². The average molecular weight is 183 g/mol. The molecule has 0 unspecified atom stereocenters. The Morgan fingerprint density at radius 1 is 1.31 bits per heavy atom. The highest BCUT2D eigenvalue weighted by molar-refractivity contribution is 5.87. The molecule has 0 spiro atoms. The third-order valence-electron chi connectivity index (χ3n) is 3.29. The van der Waals surface area contributed by atoms with E-state index in [9.17, 15) is 9.90 Å². The highest BCUT2D eigenvalue weighted by atomic mass is 16.3. The van der Waals surface area contributed by atoms with Crippen LogP contribution >= 0.6 is 0 Å². The van der Waals surface area contributed by atoms with E-state index in [-0.39, 0.29) is 11.9 Å². The number of carbonyl (C=O) groups excluding carboxylic acids is 1. The summed E-state index contributed by atoms with van der Waals surface area (Å²) in [6.45, 7) is 0. The van der Waals surface area contributed by atoms with Gasteiger partial charge < -0.3 is 10.4 Å². The maximum absolute atomic E-state index is 10.7. The summed E-state index contributed by atoms with van der Waals surface area (Å²) in [5.41, 5.74) is 0. The molecule has 2 N–H and O–H groups in total. The summed E-state index contributed by atoms with van der Waals surface area (Å²) in [6, 6.07) is 0.0515. The number of hydrogen-bond donors (Lipinski definition) is 2. The molecule has 13 heavy (non-hydrogen) atoms. The Morgan fingerprint density at radius 2 is 2.00 bits per heavy atom. The lowest BCUT2D eigenvalue weighted by Gasteiger charge is -2.36. The molecule has 2 rings (SSSR count). The predicted octanol–water partition coefficient (Wildman–Crippen LogP) is 0.816. The third-order valence-corrected chi connectivity index (χ3v) is 3.29. The van der Waals surface area contributed by atoms with Crippen molar-refractivity contribution in [2.24, 2.45) is 5.92 Å². The van der Waals surface area contributed by atoms with Crippen molar-refractivity contribution in [3.63, 3.8) is 0 Å². The van der Waals surface area contributed by atoms with E-state index in [1.165, 1.54) is 32.1 Å². The van der Waals surface area contributed by atoms with Gasteiger partial charge in [0.05, 0.1) is 6.04 Å². The van der Waals surface area contributed by atoms with Crippen LogP contribution in [-0.2, 0) is 4.79 Å². The van der Waals surface area contributed by atoms with E-state index >= 15 is 0 Å². The quantitative estimate of drug-likeness (QED) is 0.623. The van der Waals surface area contributed by atoms with Crippen molar-refractivity contribution in [3.8, 4) is 0 Å². The van der Waals surface area contributed by atoms with Crippen LogP contribution in [0.1, 0.15) is 38.5 Å².